The first-order valence-corrected chi connectivity index (χ1v) is 9.41. The van der Waals surface area contributed by atoms with Crippen molar-refractivity contribution in [2.75, 3.05) is 24.6 Å². The second-order valence-electron chi connectivity index (χ2n) is 7.00. The molecule has 1 saturated heterocycles. The number of rotatable bonds is 6. The molecule has 1 fully saturated rings. The van der Waals surface area contributed by atoms with E-state index in [1.54, 1.807) is 0 Å². The summed E-state index contributed by atoms with van der Waals surface area (Å²) in [6, 6.07) is 15.0. The molecule has 1 atom stereocenters. The van der Waals surface area contributed by atoms with Gasteiger partial charge in [0.2, 0.25) is 5.91 Å². The predicted octanol–water partition coefficient (Wildman–Crippen LogP) is 3.63. The van der Waals surface area contributed by atoms with Crippen molar-refractivity contribution in [1.82, 2.24) is 9.58 Å². The Balaban J connectivity index is 1.58. The first-order chi connectivity index (χ1) is 12.2. The Labute approximate surface area is 151 Å². The van der Waals surface area contributed by atoms with Gasteiger partial charge in [0.25, 0.3) is 0 Å². The number of carbonyl (C=O) groups is 1. The normalized spacial score (nSPS) is 17.4. The molecule has 0 radical (unpaired) electrons. The van der Waals surface area contributed by atoms with Gasteiger partial charge in [0, 0.05) is 38.4 Å². The molecule has 0 N–H and O–H groups in total. The summed E-state index contributed by atoms with van der Waals surface area (Å²) in [6.45, 7) is 7.43. The monoisotopic (exact) mass is 339 g/mol. The predicted molar refractivity (Wildman–Crippen MR) is 102 cm³/mol. The maximum atomic E-state index is 12.4. The Hall–Kier alpha value is -2.07. The second kappa shape index (κ2) is 8.34. The number of nitrogens with zero attached hydrogens (tertiary/aromatic N) is 3. The molecular weight excluding hydrogens is 310 g/mol. The fourth-order valence-corrected chi connectivity index (χ4v) is 3.77. The van der Waals surface area contributed by atoms with Crippen LogP contribution in [0.2, 0.25) is 0 Å². The molecule has 4 nitrogen and oxygen atoms in total. The van der Waals surface area contributed by atoms with Crippen molar-refractivity contribution in [2.24, 2.45) is 0 Å². The van der Waals surface area contributed by atoms with Crippen LogP contribution in [0.5, 0.6) is 0 Å². The molecule has 25 heavy (non-hydrogen) atoms. The van der Waals surface area contributed by atoms with Crippen LogP contribution in [0.4, 0.5) is 0 Å². The van der Waals surface area contributed by atoms with Crippen molar-refractivity contribution in [1.29, 1.82) is 0 Å². The van der Waals surface area contributed by atoms with Crippen molar-refractivity contribution in [3.8, 4) is 0 Å². The third kappa shape index (κ3) is 4.31. The summed E-state index contributed by atoms with van der Waals surface area (Å²) in [5, 5.41) is 1.96. The van der Waals surface area contributed by atoms with Crippen molar-refractivity contribution in [2.45, 2.75) is 45.1 Å². The number of hydrogen-bond donors (Lipinski definition) is 0. The van der Waals surface area contributed by atoms with E-state index in [-0.39, 0.29) is 5.91 Å². The molecule has 1 aromatic heterocycles. The van der Waals surface area contributed by atoms with Gasteiger partial charge in [-0.25, -0.2) is 5.01 Å². The number of carbonyl (C=O) groups excluding carboxylic acids is 1. The van der Waals surface area contributed by atoms with Crippen molar-refractivity contribution in [3.63, 3.8) is 0 Å². The van der Waals surface area contributed by atoms with Crippen LogP contribution in [0.25, 0.3) is 0 Å². The minimum Gasteiger partial charge on any atom is -0.303 e. The van der Waals surface area contributed by atoms with Crippen molar-refractivity contribution < 1.29 is 4.79 Å². The fraction of sp³-hybridized carbons (Fsp3) is 0.476. The van der Waals surface area contributed by atoms with Crippen LogP contribution in [0.15, 0.2) is 54.9 Å². The summed E-state index contributed by atoms with van der Waals surface area (Å²) in [6.07, 6.45) is 6.55. The Morgan fingerprint density at radius 3 is 2.36 bits per heavy atom. The minimum atomic E-state index is 0.201. The van der Waals surface area contributed by atoms with Gasteiger partial charge in [-0.3, -0.25) is 9.47 Å². The molecule has 134 valence electrons. The molecule has 0 bridgehead atoms. The van der Waals surface area contributed by atoms with Gasteiger partial charge in [-0.05, 0) is 36.5 Å². The summed E-state index contributed by atoms with van der Waals surface area (Å²) in [7, 11) is 0. The highest BCUT2D eigenvalue weighted by Crippen LogP contribution is 2.21. The molecule has 1 aliphatic heterocycles. The van der Waals surface area contributed by atoms with Gasteiger partial charge in [-0.2, -0.15) is 0 Å². The average molecular weight is 339 g/mol. The van der Waals surface area contributed by atoms with Crippen LogP contribution in [-0.2, 0) is 4.79 Å². The van der Waals surface area contributed by atoms with Crippen LogP contribution in [0.1, 0.15) is 44.6 Å². The van der Waals surface area contributed by atoms with Crippen molar-refractivity contribution in [3.05, 3.63) is 60.4 Å². The van der Waals surface area contributed by atoms with Crippen LogP contribution < -0.4 is 5.01 Å². The van der Waals surface area contributed by atoms with Gasteiger partial charge in [0.15, 0.2) is 0 Å². The molecule has 1 aromatic carbocycles. The smallest absolute Gasteiger partial charge is 0.241 e. The van der Waals surface area contributed by atoms with Crippen LogP contribution in [0, 0.1) is 0 Å². The number of amides is 1. The first-order valence-electron chi connectivity index (χ1n) is 9.41. The lowest BCUT2D eigenvalue weighted by atomic mass is 9.98. The van der Waals surface area contributed by atoms with Gasteiger partial charge in [-0.15, -0.1) is 0 Å². The standard InChI is InChI=1S/C21H29N3O/c1-3-21(25)24(23-13-7-8-14-23)20-11-15-22(16-12-20)17-18(2)19-9-5-4-6-10-19/h4-10,13-14,18,20H,3,11-12,15-17H2,1-2H3. The van der Waals surface area contributed by atoms with E-state index in [1.165, 1.54) is 5.56 Å². The van der Waals surface area contributed by atoms with Crippen LogP contribution in [-0.4, -0.2) is 41.2 Å². The van der Waals surface area contributed by atoms with Gasteiger partial charge in [0.05, 0.1) is 6.04 Å². The molecule has 0 saturated carbocycles. The molecule has 4 heteroatoms. The highest BCUT2D eigenvalue weighted by atomic mass is 16.2. The van der Waals surface area contributed by atoms with E-state index in [4.69, 9.17) is 0 Å². The van der Waals surface area contributed by atoms with E-state index in [1.807, 2.05) is 41.1 Å². The maximum absolute atomic E-state index is 12.4. The zero-order valence-electron chi connectivity index (χ0n) is 15.3. The maximum Gasteiger partial charge on any atom is 0.241 e. The topological polar surface area (TPSA) is 28.5 Å². The quantitative estimate of drug-likeness (QED) is 0.804. The number of likely N-dealkylation sites (tertiary alicyclic amines) is 1. The zero-order chi connectivity index (χ0) is 17.6. The van der Waals surface area contributed by atoms with Crippen molar-refractivity contribution >= 4 is 5.91 Å². The van der Waals surface area contributed by atoms with E-state index in [0.717, 1.165) is 32.5 Å². The Morgan fingerprint density at radius 1 is 1.12 bits per heavy atom. The number of hydrogen-bond acceptors (Lipinski definition) is 2. The lowest BCUT2D eigenvalue weighted by Gasteiger charge is -2.39. The summed E-state index contributed by atoms with van der Waals surface area (Å²) in [5.41, 5.74) is 1.40. The van der Waals surface area contributed by atoms with Crippen LogP contribution >= 0.6 is 0 Å². The van der Waals surface area contributed by atoms with E-state index >= 15 is 0 Å². The molecule has 0 spiro atoms. The highest BCUT2D eigenvalue weighted by Gasteiger charge is 2.28. The Kier molecular flexibility index (Phi) is 5.92. The molecule has 0 aliphatic carbocycles. The van der Waals surface area contributed by atoms with E-state index in [9.17, 15) is 4.79 Å². The number of benzene rings is 1. The van der Waals surface area contributed by atoms with Crippen LogP contribution in [0.3, 0.4) is 0 Å². The molecular formula is C21H29N3O. The number of aromatic nitrogens is 1. The van der Waals surface area contributed by atoms with Gasteiger partial charge in [0.1, 0.15) is 0 Å². The summed E-state index contributed by atoms with van der Waals surface area (Å²) >= 11 is 0. The molecule has 3 rings (SSSR count). The van der Waals surface area contributed by atoms with Gasteiger partial charge >= 0.3 is 0 Å². The first kappa shape index (κ1) is 17.7. The molecule has 2 aromatic rings. The minimum absolute atomic E-state index is 0.201. The lowest BCUT2D eigenvalue weighted by molar-refractivity contribution is -0.120. The van der Waals surface area contributed by atoms with Gasteiger partial charge in [-0.1, -0.05) is 44.2 Å². The highest BCUT2D eigenvalue weighted by molar-refractivity contribution is 5.86. The Bertz CT molecular complexity index is 645. The van der Waals surface area contributed by atoms with E-state index in [2.05, 4.69) is 42.2 Å². The lowest BCUT2D eigenvalue weighted by Crippen LogP contribution is -2.52. The van der Waals surface area contributed by atoms with Gasteiger partial charge < -0.3 is 4.90 Å². The zero-order valence-corrected chi connectivity index (χ0v) is 15.3. The molecule has 1 unspecified atom stereocenters. The van der Waals surface area contributed by atoms with E-state index in [0.29, 0.717) is 18.4 Å². The summed E-state index contributed by atoms with van der Waals surface area (Å²) < 4.78 is 1.96. The van der Waals surface area contributed by atoms with E-state index < -0.39 is 0 Å². The number of piperidine rings is 1. The largest absolute Gasteiger partial charge is 0.303 e. The molecule has 2 heterocycles. The molecule has 1 aliphatic rings. The second-order valence-corrected chi connectivity index (χ2v) is 7.00. The SMILES string of the molecule is CCC(=O)N(C1CCN(CC(C)c2ccccc2)CC1)n1cccc1. The average Bonchev–Trinajstić information content (AvgIpc) is 3.18. The third-order valence-electron chi connectivity index (χ3n) is 5.20. The Morgan fingerprint density at radius 2 is 1.76 bits per heavy atom. The fourth-order valence-electron chi connectivity index (χ4n) is 3.77. The summed E-state index contributed by atoms with van der Waals surface area (Å²) in [4.78, 5) is 15.0. The molecule has 1 amide bonds. The third-order valence-corrected chi connectivity index (χ3v) is 5.20. The summed E-state index contributed by atoms with van der Waals surface area (Å²) in [5.74, 6) is 0.739.